The Morgan fingerprint density at radius 2 is 2.11 bits per heavy atom. The molecule has 1 aliphatic heterocycles. The van der Waals surface area contributed by atoms with Gasteiger partial charge in [0.05, 0.1) is 24.2 Å². The summed E-state index contributed by atoms with van der Waals surface area (Å²) in [6.07, 6.45) is 3.73. The number of esters is 1. The van der Waals surface area contributed by atoms with Crippen LogP contribution in [0, 0.1) is 0 Å². The molecule has 1 saturated heterocycles. The van der Waals surface area contributed by atoms with E-state index in [1.165, 1.54) is 26.4 Å². The number of hydrogen-bond donors (Lipinski definition) is 0. The van der Waals surface area contributed by atoms with E-state index in [-0.39, 0.29) is 0 Å². The molecule has 1 aliphatic rings. The molecule has 0 bridgehead atoms. The highest BCUT2D eigenvalue weighted by Crippen LogP contribution is 2.28. The lowest BCUT2D eigenvalue weighted by molar-refractivity contribution is 0.0601. The van der Waals surface area contributed by atoms with E-state index in [2.05, 4.69) is 23.9 Å². The zero-order valence-electron chi connectivity index (χ0n) is 16.2. The van der Waals surface area contributed by atoms with Gasteiger partial charge in [-0.05, 0) is 63.8 Å². The summed E-state index contributed by atoms with van der Waals surface area (Å²) in [6, 6.07) is 9.80. The first kappa shape index (κ1) is 19.9. The standard InChI is InChI=1S/C21H27ClN2O3/c1-23(2)16-6-4-5-11-24(13-16)14-17-8-10-20(27-17)15-7-9-19(22)18(12-15)21(25)26-3/h7-10,12,16H,4-6,11,13-14H2,1-3H3/t16-/m0/s1. The lowest BCUT2D eigenvalue weighted by Crippen LogP contribution is -2.38. The van der Waals surface area contributed by atoms with Gasteiger partial charge in [0.25, 0.3) is 0 Å². The summed E-state index contributed by atoms with van der Waals surface area (Å²) in [5, 5.41) is 0.372. The van der Waals surface area contributed by atoms with Gasteiger partial charge < -0.3 is 14.1 Å². The molecule has 2 aromatic rings. The second-order valence-electron chi connectivity index (χ2n) is 7.30. The molecule has 0 aliphatic carbocycles. The number of likely N-dealkylation sites (N-methyl/N-ethyl adjacent to an activating group) is 1. The normalized spacial score (nSPS) is 18.5. The number of halogens is 1. The number of carbonyl (C=O) groups excluding carboxylic acids is 1. The van der Waals surface area contributed by atoms with E-state index in [4.69, 9.17) is 20.8 Å². The number of carbonyl (C=O) groups is 1. The Morgan fingerprint density at radius 3 is 2.85 bits per heavy atom. The van der Waals surface area contributed by atoms with Crippen LogP contribution in [0.1, 0.15) is 35.4 Å². The molecule has 1 atom stereocenters. The predicted octanol–water partition coefficient (Wildman–Crippen LogP) is 4.30. The molecule has 1 aromatic heterocycles. The fourth-order valence-corrected chi connectivity index (χ4v) is 3.74. The number of nitrogens with zero attached hydrogens (tertiary/aromatic N) is 2. The van der Waals surface area contributed by atoms with Gasteiger partial charge >= 0.3 is 5.97 Å². The Kier molecular flexibility index (Phi) is 6.58. The Balaban J connectivity index is 1.74. The summed E-state index contributed by atoms with van der Waals surface area (Å²) in [6.45, 7) is 2.94. The summed E-state index contributed by atoms with van der Waals surface area (Å²) in [5.41, 5.74) is 1.16. The Labute approximate surface area is 165 Å². The van der Waals surface area contributed by atoms with Gasteiger partial charge in [-0.3, -0.25) is 4.90 Å². The summed E-state index contributed by atoms with van der Waals surface area (Å²) in [5.74, 6) is 1.21. The van der Waals surface area contributed by atoms with Gasteiger partial charge in [-0.25, -0.2) is 4.79 Å². The highest BCUT2D eigenvalue weighted by molar-refractivity contribution is 6.33. The molecule has 0 amide bonds. The molecule has 1 aromatic carbocycles. The highest BCUT2D eigenvalue weighted by atomic mass is 35.5. The van der Waals surface area contributed by atoms with Crippen LogP contribution in [0.15, 0.2) is 34.7 Å². The average Bonchev–Trinajstić information content (AvgIpc) is 2.98. The molecular formula is C21H27ClN2O3. The number of furan rings is 1. The topological polar surface area (TPSA) is 45.9 Å². The van der Waals surface area contributed by atoms with Crippen molar-refractivity contribution in [2.75, 3.05) is 34.3 Å². The van der Waals surface area contributed by atoms with E-state index in [9.17, 15) is 4.79 Å². The summed E-state index contributed by atoms with van der Waals surface area (Å²) in [4.78, 5) is 16.6. The lowest BCUT2D eigenvalue weighted by atomic mass is 10.1. The monoisotopic (exact) mass is 390 g/mol. The van der Waals surface area contributed by atoms with Crippen LogP contribution >= 0.6 is 11.6 Å². The van der Waals surface area contributed by atoms with Crippen LogP contribution in [-0.2, 0) is 11.3 Å². The van der Waals surface area contributed by atoms with Crippen molar-refractivity contribution in [2.24, 2.45) is 0 Å². The van der Waals surface area contributed by atoms with E-state index in [1.54, 1.807) is 12.1 Å². The number of rotatable bonds is 5. The van der Waals surface area contributed by atoms with Crippen molar-refractivity contribution < 1.29 is 13.9 Å². The third kappa shape index (κ3) is 4.92. The molecule has 0 spiro atoms. The zero-order chi connectivity index (χ0) is 19.4. The van der Waals surface area contributed by atoms with Crippen molar-refractivity contribution >= 4 is 17.6 Å². The minimum Gasteiger partial charge on any atom is -0.465 e. The average molecular weight is 391 g/mol. The fourth-order valence-electron chi connectivity index (χ4n) is 3.54. The van der Waals surface area contributed by atoms with Crippen molar-refractivity contribution in [3.8, 4) is 11.3 Å². The number of likely N-dealkylation sites (tertiary alicyclic amines) is 1. The zero-order valence-corrected chi connectivity index (χ0v) is 17.0. The van der Waals surface area contributed by atoms with Gasteiger partial charge in [0.1, 0.15) is 11.5 Å². The molecule has 5 nitrogen and oxygen atoms in total. The molecule has 0 radical (unpaired) electrons. The number of ether oxygens (including phenoxy) is 1. The van der Waals surface area contributed by atoms with Crippen LogP contribution in [0.5, 0.6) is 0 Å². The van der Waals surface area contributed by atoms with Gasteiger partial charge in [0, 0.05) is 18.2 Å². The van der Waals surface area contributed by atoms with Crippen molar-refractivity contribution in [1.82, 2.24) is 9.80 Å². The minimum absolute atomic E-state index is 0.343. The maximum atomic E-state index is 11.9. The third-order valence-corrected chi connectivity index (χ3v) is 5.49. The predicted molar refractivity (Wildman–Crippen MR) is 107 cm³/mol. The van der Waals surface area contributed by atoms with E-state index >= 15 is 0 Å². The molecule has 146 valence electrons. The van der Waals surface area contributed by atoms with Crippen LogP contribution < -0.4 is 0 Å². The SMILES string of the molecule is COC(=O)c1cc(-c2ccc(CN3CCCC[C@H](N(C)C)C3)o2)ccc1Cl. The van der Waals surface area contributed by atoms with Crippen LogP contribution in [0.3, 0.4) is 0 Å². The summed E-state index contributed by atoms with van der Waals surface area (Å²) < 4.78 is 10.9. The lowest BCUT2D eigenvalue weighted by Gasteiger charge is -2.27. The second-order valence-corrected chi connectivity index (χ2v) is 7.71. The van der Waals surface area contributed by atoms with E-state index in [0.717, 1.165) is 36.7 Å². The van der Waals surface area contributed by atoms with Crippen molar-refractivity contribution in [1.29, 1.82) is 0 Å². The van der Waals surface area contributed by atoms with E-state index in [0.29, 0.717) is 16.6 Å². The van der Waals surface area contributed by atoms with Gasteiger partial charge in [0.15, 0.2) is 0 Å². The van der Waals surface area contributed by atoms with Gasteiger partial charge in [-0.2, -0.15) is 0 Å². The summed E-state index contributed by atoms with van der Waals surface area (Å²) in [7, 11) is 5.65. The maximum Gasteiger partial charge on any atom is 0.339 e. The molecule has 6 heteroatoms. The highest BCUT2D eigenvalue weighted by Gasteiger charge is 2.21. The number of hydrogen-bond acceptors (Lipinski definition) is 5. The third-order valence-electron chi connectivity index (χ3n) is 5.16. The first-order valence-electron chi connectivity index (χ1n) is 9.33. The van der Waals surface area contributed by atoms with Gasteiger partial charge in [0.2, 0.25) is 0 Å². The Hall–Kier alpha value is -1.82. The molecule has 3 rings (SSSR count). The van der Waals surface area contributed by atoms with Crippen LogP contribution in [0.25, 0.3) is 11.3 Å². The molecule has 1 fully saturated rings. The van der Waals surface area contributed by atoms with Crippen LogP contribution in [0.4, 0.5) is 0 Å². The first-order valence-corrected chi connectivity index (χ1v) is 9.71. The molecule has 0 saturated carbocycles. The molecular weight excluding hydrogens is 364 g/mol. The molecule has 27 heavy (non-hydrogen) atoms. The van der Waals surface area contributed by atoms with E-state index in [1.807, 2.05) is 18.2 Å². The van der Waals surface area contributed by atoms with E-state index < -0.39 is 5.97 Å². The number of methoxy groups -OCH3 is 1. The van der Waals surface area contributed by atoms with Gasteiger partial charge in [-0.15, -0.1) is 0 Å². The molecule has 2 heterocycles. The second kappa shape index (κ2) is 8.91. The largest absolute Gasteiger partial charge is 0.465 e. The Bertz CT molecular complexity index is 787. The van der Waals surface area contributed by atoms with Crippen molar-refractivity contribution in [3.63, 3.8) is 0 Å². The molecule has 0 N–H and O–H groups in total. The number of benzene rings is 1. The van der Waals surface area contributed by atoms with Gasteiger partial charge in [-0.1, -0.05) is 18.0 Å². The van der Waals surface area contributed by atoms with Crippen LogP contribution in [-0.4, -0.2) is 56.1 Å². The first-order chi connectivity index (χ1) is 13.0. The smallest absolute Gasteiger partial charge is 0.339 e. The quantitative estimate of drug-likeness (QED) is 0.712. The van der Waals surface area contributed by atoms with Crippen LogP contribution in [0.2, 0.25) is 5.02 Å². The molecule has 0 unspecified atom stereocenters. The Morgan fingerprint density at radius 1 is 1.30 bits per heavy atom. The summed E-state index contributed by atoms with van der Waals surface area (Å²) >= 11 is 6.10. The minimum atomic E-state index is -0.451. The van der Waals surface area contributed by atoms with Crippen molar-refractivity contribution in [3.05, 3.63) is 46.7 Å². The maximum absolute atomic E-state index is 11.9. The fraction of sp³-hybridized carbons (Fsp3) is 0.476. The van der Waals surface area contributed by atoms with Crippen molar-refractivity contribution in [2.45, 2.75) is 31.8 Å².